The molecule has 1 heterocycles. The number of fused-ring (bicyclic) bond motifs is 1. The summed E-state index contributed by atoms with van der Waals surface area (Å²) in [5.41, 5.74) is 4.70. The summed E-state index contributed by atoms with van der Waals surface area (Å²) in [6.45, 7) is 2.92. The van der Waals surface area contributed by atoms with E-state index in [9.17, 15) is 0 Å². The Morgan fingerprint density at radius 1 is 1.10 bits per heavy atom. The van der Waals surface area contributed by atoms with E-state index in [0.717, 1.165) is 22.2 Å². The molecule has 20 heavy (non-hydrogen) atoms. The molecular formula is C17H15BrN2. The molecule has 1 N–H and O–H groups in total. The first-order valence-corrected chi connectivity index (χ1v) is 7.35. The van der Waals surface area contributed by atoms with Gasteiger partial charge < -0.3 is 5.32 Å². The normalized spacial score (nSPS) is 10.7. The molecular weight excluding hydrogens is 312 g/mol. The van der Waals surface area contributed by atoms with Gasteiger partial charge in [0.1, 0.15) is 0 Å². The van der Waals surface area contributed by atoms with Crippen molar-refractivity contribution < 1.29 is 0 Å². The van der Waals surface area contributed by atoms with Crippen LogP contribution in [0.3, 0.4) is 0 Å². The summed E-state index contributed by atoms with van der Waals surface area (Å²) in [6, 6.07) is 16.7. The van der Waals surface area contributed by atoms with Gasteiger partial charge in [0.05, 0.1) is 5.52 Å². The molecule has 0 aliphatic carbocycles. The third kappa shape index (κ3) is 2.83. The lowest BCUT2D eigenvalue weighted by Crippen LogP contribution is -2.01. The Labute approximate surface area is 127 Å². The molecule has 0 saturated carbocycles. The number of hydrogen-bond donors (Lipinski definition) is 1. The summed E-state index contributed by atoms with van der Waals surface area (Å²) in [6.07, 6.45) is 1.82. The average Bonchev–Trinajstić information content (AvgIpc) is 2.48. The summed E-state index contributed by atoms with van der Waals surface area (Å²) >= 11 is 3.51. The van der Waals surface area contributed by atoms with Crippen molar-refractivity contribution in [2.45, 2.75) is 13.5 Å². The van der Waals surface area contributed by atoms with E-state index < -0.39 is 0 Å². The lowest BCUT2D eigenvalue weighted by Gasteiger charge is -2.10. The van der Waals surface area contributed by atoms with Crippen LogP contribution in [0.2, 0.25) is 0 Å². The molecule has 2 aromatic carbocycles. The Morgan fingerprint density at radius 2 is 2.00 bits per heavy atom. The number of anilines is 1. The number of aromatic nitrogens is 1. The first kappa shape index (κ1) is 13.1. The summed E-state index contributed by atoms with van der Waals surface area (Å²) in [5, 5.41) is 4.66. The van der Waals surface area contributed by atoms with E-state index in [0.29, 0.717) is 0 Å². The van der Waals surface area contributed by atoms with Crippen LogP contribution in [0.25, 0.3) is 10.9 Å². The Balaban J connectivity index is 1.81. The fraction of sp³-hybridized carbons (Fsp3) is 0.118. The first-order valence-electron chi connectivity index (χ1n) is 6.56. The molecule has 3 heteroatoms. The minimum atomic E-state index is 0.808. The number of pyridine rings is 1. The van der Waals surface area contributed by atoms with Crippen molar-refractivity contribution in [1.82, 2.24) is 4.98 Å². The monoisotopic (exact) mass is 326 g/mol. The van der Waals surface area contributed by atoms with Gasteiger partial charge in [-0.2, -0.15) is 0 Å². The minimum Gasteiger partial charge on any atom is -0.381 e. The van der Waals surface area contributed by atoms with Gasteiger partial charge in [-0.25, -0.2) is 0 Å². The Bertz CT molecular complexity index is 753. The summed E-state index contributed by atoms with van der Waals surface area (Å²) in [7, 11) is 0. The number of nitrogens with one attached hydrogen (secondary N) is 1. The standard InChI is InChI=1S/C17H15BrN2/c1-12-4-6-15(18)10-17(12)20-11-13-5-7-16-14(9-13)3-2-8-19-16/h2-10,20H,11H2,1H3. The van der Waals surface area contributed by atoms with Gasteiger partial charge in [-0.1, -0.05) is 34.1 Å². The second-order valence-electron chi connectivity index (χ2n) is 4.84. The molecule has 0 aliphatic rings. The molecule has 0 aliphatic heterocycles. The lowest BCUT2D eigenvalue weighted by molar-refractivity contribution is 1.14. The third-order valence-corrected chi connectivity index (χ3v) is 3.84. The van der Waals surface area contributed by atoms with Crippen molar-refractivity contribution in [2.24, 2.45) is 0 Å². The smallest absolute Gasteiger partial charge is 0.0702 e. The predicted molar refractivity (Wildman–Crippen MR) is 87.9 cm³/mol. The molecule has 0 saturated heterocycles. The molecule has 100 valence electrons. The molecule has 2 nitrogen and oxygen atoms in total. The molecule has 0 fully saturated rings. The fourth-order valence-corrected chi connectivity index (χ4v) is 2.58. The highest BCUT2D eigenvalue weighted by Gasteiger charge is 2.01. The Hall–Kier alpha value is -1.87. The van der Waals surface area contributed by atoms with Crippen LogP contribution in [0.5, 0.6) is 0 Å². The lowest BCUT2D eigenvalue weighted by atomic mass is 10.1. The molecule has 0 radical (unpaired) electrons. The van der Waals surface area contributed by atoms with Crippen LogP contribution in [-0.4, -0.2) is 4.98 Å². The van der Waals surface area contributed by atoms with Crippen molar-refractivity contribution in [3.63, 3.8) is 0 Å². The van der Waals surface area contributed by atoms with Crippen molar-refractivity contribution in [1.29, 1.82) is 0 Å². The van der Waals surface area contributed by atoms with Crippen LogP contribution in [0.15, 0.2) is 59.2 Å². The maximum atomic E-state index is 4.34. The Morgan fingerprint density at radius 3 is 2.90 bits per heavy atom. The van der Waals surface area contributed by atoms with Crippen molar-refractivity contribution in [3.05, 3.63) is 70.3 Å². The zero-order chi connectivity index (χ0) is 13.9. The molecule has 3 aromatic rings. The zero-order valence-corrected chi connectivity index (χ0v) is 12.8. The van der Waals surface area contributed by atoms with E-state index in [2.05, 4.69) is 75.6 Å². The summed E-state index contributed by atoms with van der Waals surface area (Å²) < 4.78 is 1.09. The zero-order valence-electron chi connectivity index (χ0n) is 11.2. The van der Waals surface area contributed by atoms with Gasteiger partial charge in [0.15, 0.2) is 0 Å². The van der Waals surface area contributed by atoms with E-state index in [1.165, 1.54) is 16.5 Å². The van der Waals surface area contributed by atoms with Gasteiger partial charge in [0, 0.05) is 28.3 Å². The van der Waals surface area contributed by atoms with Crippen LogP contribution in [-0.2, 0) is 6.54 Å². The molecule has 0 unspecified atom stereocenters. The highest BCUT2D eigenvalue weighted by Crippen LogP contribution is 2.22. The highest BCUT2D eigenvalue weighted by atomic mass is 79.9. The molecule has 1 aromatic heterocycles. The van der Waals surface area contributed by atoms with Crippen LogP contribution >= 0.6 is 15.9 Å². The molecule has 3 rings (SSSR count). The minimum absolute atomic E-state index is 0.808. The van der Waals surface area contributed by atoms with E-state index in [1.807, 2.05) is 12.3 Å². The molecule has 0 amide bonds. The van der Waals surface area contributed by atoms with Gasteiger partial charge in [-0.05, 0) is 48.4 Å². The van der Waals surface area contributed by atoms with Gasteiger partial charge >= 0.3 is 0 Å². The van der Waals surface area contributed by atoms with Crippen molar-refractivity contribution in [3.8, 4) is 0 Å². The van der Waals surface area contributed by atoms with E-state index in [4.69, 9.17) is 0 Å². The topological polar surface area (TPSA) is 24.9 Å². The van der Waals surface area contributed by atoms with Crippen molar-refractivity contribution in [2.75, 3.05) is 5.32 Å². The molecule has 0 bridgehead atoms. The SMILES string of the molecule is Cc1ccc(Br)cc1NCc1ccc2ncccc2c1. The number of benzene rings is 2. The van der Waals surface area contributed by atoms with E-state index in [1.54, 1.807) is 0 Å². The summed E-state index contributed by atoms with van der Waals surface area (Å²) in [5.74, 6) is 0. The van der Waals surface area contributed by atoms with Crippen LogP contribution < -0.4 is 5.32 Å². The average molecular weight is 327 g/mol. The van der Waals surface area contributed by atoms with Gasteiger partial charge in [-0.15, -0.1) is 0 Å². The Kier molecular flexibility index (Phi) is 3.70. The largest absolute Gasteiger partial charge is 0.381 e. The molecule has 0 spiro atoms. The van der Waals surface area contributed by atoms with E-state index in [-0.39, 0.29) is 0 Å². The number of nitrogens with zero attached hydrogens (tertiary/aromatic N) is 1. The van der Waals surface area contributed by atoms with Crippen LogP contribution in [0.4, 0.5) is 5.69 Å². The number of aryl methyl sites for hydroxylation is 1. The molecule has 0 atom stereocenters. The van der Waals surface area contributed by atoms with Gasteiger partial charge in [0.25, 0.3) is 0 Å². The van der Waals surface area contributed by atoms with Crippen molar-refractivity contribution >= 4 is 32.5 Å². The second kappa shape index (κ2) is 5.63. The maximum Gasteiger partial charge on any atom is 0.0702 e. The number of halogens is 1. The first-order chi connectivity index (χ1) is 9.72. The fourth-order valence-electron chi connectivity index (χ4n) is 2.22. The second-order valence-corrected chi connectivity index (χ2v) is 5.76. The summed E-state index contributed by atoms with van der Waals surface area (Å²) in [4.78, 5) is 4.34. The quantitative estimate of drug-likeness (QED) is 0.739. The maximum absolute atomic E-state index is 4.34. The van der Waals surface area contributed by atoms with Gasteiger partial charge in [-0.3, -0.25) is 4.98 Å². The van der Waals surface area contributed by atoms with Gasteiger partial charge in [0.2, 0.25) is 0 Å². The third-order valence-electron chi connectivity index (χ3n) is 3.35. The predicted octanol–water partition coefficient (Wildman–Crippen LogP) is 4.92. The number of hydrogen-bond acceptors (Lipinski definition) is 2. The van der Waals surface area contributed by atoms with E-state index >= 15 is 0 Å². The van der Waals surface area contributed by atoms with Crippen LogP contribution in [0.1, 0.15) is 11.1 Å². The number of rotatable bonds is 3. The van der Waals surface area contributed by atoms with Crippen LogP contribution in [0, 0.1) is 6.92 Å². The highest BCUT2D eigenvalue weighted by molar-refractivity contribution is 9.10.